The number of esters is 1. The zero-order valence-corrected chi connectivity index (χ0v) is 14.6. The van der Waals surface area contributed by atoms with Crippen molar-refractivity contribution in [3.8, 4) is 0 Å². The SMILES string of the molecule is CCn1c(=O)c(C)nc2cc(C(=O)OCc3cccc(C)c3)ccc21. The Balaban J connectivity index is 1.87. The summed E-state index contributed by atoms with van der Waals surface area (Å²) >= 11 is 0. The highest BCUT2D eigenvalue weighted by atomic mass is 16.5. The van der Waals surface area contributed by atoms with Crippen LogP contribution in [0.5, 0.6) is 0 Å². The van der Waals surface area contributed by atoms with Crippen LogP contribution in [0.2, 0.25) is 0 Å². The van der Waals surface area contributed by atoms with Crippen LogP contribution in [0, 0.1) is 13.8 Å². The summed E-state index contributed by atoms with van der Waals surface area (Å²) in [4.78, 5) is 28.8. The van der Waals surface area contributed by atoms with Gasteiger partial charge in [0.2, 0.25) is 0 Å². The van der Waals surface area contributed by atoms with Gasteiger partial charge >= 0.3 is 5.97 Å². The molecule has 0 atom stereocenters. The Hall–Kier alpha value is -2.95. The number of hydrogen-bond acceptors (Lipinski definition) is 4. The van der Waals surface area contributed by atoms with Crippen LogP contribution in [0.1, 0.15) is 34.1 Å². The molecule has 3 aromatic rings. The van der Waals surface area contributed by atoms with E-state index in [1.807, 2.05) is 38.1 Å². The van der Waals surface area contributed by atoms with Crippen molar-refractivity contribution in [3.05, 3.63) is 75.2 Å². The van der Waals surface area contributed by atoms with Gasteiger partial charge in [-0.1, -0.05) is 29.8 Å². The summed E-state index contributed by atoms with van der Waals surface area (Å²) in [6.45, 7) is 6.35. The highest BCUT2D eigenvalue weighted by Gasteiger charge is 2.12. The summed E-state index contributed by atoms with van der Waals surface area (Å²) in [5.74, 6) is -0.405. The summed E-state index contributed by atoms with van der Waals surface area (Å²) < 4.78 is 7.05. The van der Waals surface area contributed by atoms with Crippen LogP contribution in [-0.4, -0.2) is 15.5 Å². The molecule has 0 fully saturated rings. The molecule has 0 N–H and O–H groups in total. The highest BCUT2D eigenvalue weighted by molar-refractivity contribution is 5.93. The van der Waals surface area contributed by atoms with E-state index in [0.717, 1.165) is 11.1 Å². The molecule has 1 aromatic heterocycles. The molecule has 0 bridgehead atoms. The molecule has 0 saturated carbocycles. The van der Waals surface area contributed by atoms with Crippen molar-refractivity contribution in [2.75, 3.05) is 0 Å². The quantitative estimate of drug-likeness (QED) is 0.685. The predicted octanol–water partition coefficient (Wildman–Crippen LogP) is 3.39. The first-order valence-electron chi connectivity index (χ1n) is 8.23. The normalized spacial score (nSPS) is 10.8. The van der Waals surface area contributed by atoms with Crippen molar-refractivity contribution in [3.63, 3.8) is 0 Å². The molecular weight excluding hydrogens is 316 g/mol. The number of hydrogen-bond donors (Lipinski definition) is 0. The Labute approximate surface area is 145 Å². The highest BCUT2D eigenvalue weighted by Crippen LogP contribution is 2.15. The Morgan fingerprint density at radius 2 is 1.96 bits per heavy atom. The van der Waals surface area contributed by atoms with E-state index in [9.17, 15) is 9.59 Å². The van der Waals surface area contributed by atoms with Crippen molar-refractivity contribution >= 4 is 17.0 Å². The summed E-state index contributed by atoms with van der Waals surface area (Å²) in [6.07, 6.45) is 0. The van der Waals surface area contributed by atoms with E-state index in [4.69, 9.17) is 4.74 Å². The van der Waals surface area contributed by atoms with E-state index in [-0.39, 0.29) is 12.2 Å². The third-order valence-corrected chi connectivity index (χ3v) is 4.11. The van der Waals surface area contributed by atoms with Crippen LogP contribution < -0.4 is 5.56 Å². The zero-order chi connectivity index (χ0) is 18.0. The second kappa shape index (κ2) is 6.89. The number of carbonyl (C=O) groups excluding carboxylic acids is 1. The van der Waals surface area contributed by atoms with E-state index in [1.165, 1.54) is 0 Å². The standard InChI is InChI=1S/C20H20N2O3/c1-4-22-18-9-8-16(11-17(18)21-14(3)19(22)23)20(24)25-12-15-7-5-6-13(2)10-15/h5-11H,4,12H2,1-3H3. The third-order valence-electron chi connectivity index (χ3n) is 4.11. The molecule has 0 aliphatic carbocycles. The molecule has 0 unspecified atom stereocenters. The van der Waals surface area contributed by atoms with E-state index in [2.05, 4.69) is 4.98 Å². The maximum absolute atomic E-state index is 12.3. The molecule has 0 aliphatic rings. The van der Waals surface area contributed by atoms with Crippen LogP contribution in [0.3, 0.4) is 0 Å². The van der Waals surface area contributed by atoms with Gasteiger partial charge in [-0.15, -0.1) is 0 Å². The Bertz CT molecular complexity index is 1010. The average Bonchev–Trinajstić information content (AvgIpc) is 2.60. The molecule has 1 heterocycles. The second-order valence-electron chi connectivity index (χ2n) is 6.02. The van der Waals surface area contributed by atoms with Gasteiger partial charge in [-0.25, -0.2) is 9.78 Å². The minimum absolute atomic E-state index is 0.107. The number of aryl methyl sites for hydroxylation is 3. The van der Waals surface area contributed by atoms with Gasteiger partial charge in [-0.2, -0.15) is 0 Å². The number of ether oxygens (including phenoxy) is 1. The molecule has 25 heavy (non-hydrogen) atoms. The first kappa shape index (κ1) is 16.9. The monoisotopic (exact) mass is 336 g/mol. The van der Waals surface area contributed by atoms with Gasteiger partial charge in [0.25, 0.3) is 5.56 Å². The number of nitrogens with zero attached hydrogens (tertiary/aromatic N) is 2. The molecule has 0 spiro atoms. The molecule has 0 amide bonds. The van der Waals surface area contributed by atoms with Gasteiger partial charge in [0.15, 0.2) is 0 Å². The molecule has 5 heteroatoms. The van der Waals surface area contributed by atoms with Crippen LogP contribution in [0.25, 0.3) is 11.0 Å². The smallest absolute Gasteiger partial charge is 0.338 e. The maximum Gasteiger partial charge on any atom is 0.338 e. The lowest BCUT2D eigenvalue weighted by Gasteiger charge is -2.10. The number of aromatic nitrogens is 2. The van der Waals surface area contributed by atoms with E-state index < -0.39 is 5.97 Å². The molecule has 2 aromatic carbocycles. The first-order chi connectivity index (χ1) is 12.0. The van der Waals surface area contributed by atoms with Crippen molar-refractivity contribution in [1.82, 2.24) is 9.55 Å². The fraction of sp³-hybridized carbons (Fsp3) is 0.250. The van der Waals surface area contributed by atoms with Gasteiger partial charge < -0.3 is 9.30 Å². The first-order valence-corrected chi connectivity index (χ1v) is 8.23. The van der Waals surface area contributed by atoms with E-state index in [0.29, 0.717) is 28.8 Å². The van der Waals surface area contributed by atoms with Crippen LogP contribution >= 0.6 is 0 Å². The minimum atomic E-state index is -0.405. The summed E-state index contributed by atoms with van der Waals surface area (Å²) in [5, 5.41) is 0. The number of rotatable bonds is 4. The lowest BCUT2D eigenvalue weighted by molar-refractivity contribution is 0.0473. The van der Waals surface area contributed by atoms with Gasteiger partial charge in [0.05, 0.1) is 16.6 Å². The second-order valence-corrected chi connectivity index (χ2v) is 6.02. The topological polar surface area (TPSA) is 61.2 Å². The lowest BCUT2D eigenvalue weighted by atomic mass is 10.1. The van der Waals surface area contributed by atoms with Gasteiger partial charge in [-0.3, -0.25) is 4.79 Å². The molecule has 0 radical (unpaired) electrons. The lowest BCUT2D eigenvalue weighted by Crippen LogP contribution is -2.23. The number of fused-ring (bicyclic) bond motifs is 1. The summed E-state index contributed by atoms with van der Waals surface area (Å²) in [7, 11) is 0. The fourth-order valence-corrected chi connectivity index (χ4v) is 2.85. The van der Waals surface area contributed by atoms with Crippen molar-refractivity contribution < 1.29 is 9.53 Å². The minimum Gasteiger partial charge on any atom is -0.457 e. The molecule has 128 valence electrons. The Kier molecular flexibility index (Phi) is 4.65. The number of benzene rings is 2. The molecule has 0 saturated heterocycles. The molecule has 5 nitrogen and oxygen atoms in total. The maximum atomic E-state index is 12.3. The Morgan fingerprint density at radius 1 is 1.16 bits per heavy atom. The molecule has 3 rings (SSSR count). The summed E-state index contributed by atoms with van der Waals surface area (Å²) in [6, 6.07) is 12.9. The predicted molar refractivity (Wildman–Crippen MR) is 96.7 cm³/mol. The van der Waals surface area contributed by atoms with Gasteiger partial charge in [0.1, 0.15) is 12.3 Å². The average molecular weight is 336 g/mol. The van der Waals surface area contributed by atoms with Crippen molar-refractivity contribution in [2.24, 2.45) is 0 Å². The Morgan fingerprint density at radius 3 is 2.68 bits per heavy atom. The third kappa shape index (κ3) is 3.45. The largest absolute Gasteiger partial charge is 0.457 e. The van der Waals surface area contributed by atoms with E-state index in [1.54, 1.807) is 29.7 Å². The zero-order valence-electron chi connectivity index (χ0n) is 14.6. The van der Waals surface area contributed by atoms with Crippen molar-refractivity contribution in [2.45, 2.75) is 33.9 Å². The van der Waals surface area contributed by atoms with Crippen LogP contribution in [-0.2, 0) is 17.9 Å². The summed E-state index contributed by atoms with van der Waals surface area (Å²) in [5.41, 5.74) is 4.13. The van der Waals surface area contributed by atoms with Crippen molar-refractivity contribution in [1.29, 1.82) is 0 Å². The van der Waals surface area contributed by atoms with Gasteiger partial charge in [-0.05, 0) is 44.5 Å². The fourth-order valence-electron chi connectivity index (χ4n) is 2.85. The van der Waals surface area contributed by atoms with Crippen LogP contribution in [0.4, 0.5) is 0 Å². The molecular formula is C20H20N2O3. The van der Waals surface area contributed by atoms with Gasteiger partial charge in [0, 0.05) is 6.54 Å². The molecule has 0 aliphatic heterocycles. The number of carbonyl (C=O) groups is 1. The van der Waals surface area contributed by atoms with E-state index >= 15 is 0 Å². The van der Waals surface area contributed by atoms with Crippen LogP contribution in [0.15, 0.2) is 47.3 Å².